The molecule has 0 radical (unpaired) electrons. The molecule has 0 aliphatic carbocycles. The van der Waals surface area contributed by atoms with Crippen LogP contribution in [-0.4, -0.2) is 13.1 Å². The molecule has 0 atom stereocenters. The molecule has 0 aliphatic heterocycles. The zero-order valence-corrected chi connectivity index (χ0v) is 10.6. The van der Waals surface area contributed by atoms with Crippen LogP contribution in [0.25, 0.3) is 0 Å². The molecular weight excluding hydrogens is 206 g/mol. The van der Waals surface area contributed by atoms with Gasteiger partial charge in [-0.2, -0.15) is 0 Å². The lowest BCUT2D eigenvalue weighted by Gasteiger charge is -2.25. The lowest BCUT2D eigenvalue weighted by atomic mass is 10.1. The van der Waals surface area contributed by atoms with Crippen molar-refractivity contribution in [3.05, 3.63) is 28.8 Å². The molecule has 0 amide bonds. The van der Waals surface area contributed by atoms with Crippen molar-refractivity contribution in [2.75, 3.05) is 18.0 Å². The smallest absolute Gasteiger partial charge is 0.0426 e. The van der Waals surface area contributed by atoms with Crippen molar-refractivity contribution in [3.8, 4) is 0 Å². The fourth-order valence-electron chi connectivity index (χ4n) is 1.82. The van der Waals surface area contributed by atoms with Gasteiger partial charge < -0.3 is 4.90 Å². The molecule has 15 heavy (non-hydrogen) atoms. The van der Waals surface area contributed by atoms with Gasteiger partial charge in [0.2, 0.25) is 0 Å². The van der Waals surface area contributed by atoms with Gasteiger partial charge >= 0.3 is 0 Å². The molecule has 1 aromatic rings. The van der Waals surface area contributed by atoms with E-state index in [2.05, 4.69) is 37.8 Å². The largest absolute Gasteiger partial charge is 0.371 e. The summed E-state index contributed by atoms with van der Waals surface area (Å²) in [6, 6.07) is 6.12. The monoisotopic (exact) mass is 225 g/mol. The molecule has 84 valence electrons. The van der Waals surface area contributed by atoms with E-state index >= 15 is 0 Å². The van der Waals surface area contributed by atoms with Gasteiger partial charge in [0.05, 0.1) is 0 Å². The Bertz CT molecular complexity index is 303. The summed E-state index contributed by atoms with van der Waals surface area (Å²) in [4.78, 5) is 2.42. The predicted molar refractivity (Wildman–Crippen MR) is 69.0 cm³/mol. The average molecular weight is 226 g/mol. The number of halogens is 1. The molecule has 0 heterocycles. The Hall–Kier alpha value is -0.690. The minimum absolute atomic E-state index is 0.827. The quantitative estimate of drug-likeness (QED) is 0.723. The number of benzene rings is 1. The highest BCUT2D eigenvalue weighted by atomic mass is 35.5. The number of aryl methyl sites for hydroxylation is 1. The molecule has 1 nitrogen and oxygen atoms in total. The first-order chi connectivity index (χ1) is 7.19. The maximum absolute atomic E-state index is 6.03. The highest BCUT2D eigenvalue weighted by Crippen LogP contribution is 2.24. The van der Waals surface area contributed by atoms with Crippen molar-refractivity contribution < 1.29 is 0 Å². The van der Waals surface area contributed by atoms with Crippen molar-refractivity contribution in [3.63, 3.8) is 0 Å². The Morgan fingerprint density at radius 3 is 2.27 bits per heavy atom. The van der Waals surface area contributed by atoms with Crippen molar-refractivity contribution in [1.29, 1.82) is 0 Å². The zero-order valence-electron chi connectivity index (χ0n) is 9.89. The van der Waals surface area contributed by atoms with Crippen LogP contribution in [0.4, 0.5) is 5.69 Å². The summed E-state index contributed by atoms with van der Waals surface area (Å²) < 4.78 is 0. The van der Waals surface area contributed by atoms with E-state index in [0.29, 0.717) is 0 Å². The van der Waals surface area contributed by atoms with Crippen LogP contribution in [-0.2, 0) is 0 Å². The molecule has 0 aliphatic rings. The van der Waals surface area contributed by atoms with Crippen LogP contribution < -0.4 is 4.90 Å². The molecule has 0 saturated carbocycles. The molecule has 1 aromatic carbocycles. The number of hydrogen-bond acceptors (Lipinski definition) is 1. The van der Waals surface area contributed by atoms with E-state index in [0.717, 1.165) is 18.1 Å². The highest BCUT2D eigenvalue weighted by molar-refractivity contribution is 6.30. The lowest BCUT2D eigenvalue weighted by molar-refractivity contribution is 0.743. The third kappa shape index (κ3) is 3.42. The van der Waals surface area contributed by atoms with Gasteiger partial charge in [-0.05, 0) is 37.5 Å². The van der Waals surface area contributed by atoms with E-state index in [-0.39, 0.29) is 0 Å². The Labute approximate surface area is 98.0 Å². The third-order valence-corrected chi connectivity index (χ3v) is 2.73. The maximum atomic E-state index is 6.03. The molecule has 0 aromatic heterocycles. The average Bonchev–Trinajstić information content (AvgIpc) is 2.21. The molecule has 0 fully saturated rings. The van der Waals surface area contributed by atoms with Gasteiger partial charge in [-0.3, -0.25) is 0 Å². The molecule has 0 N–H and O–H groups in total. The van der Waals surface area contributed by atoms with Crippen molar-refractivity contribution in [2.45, 2.75) is 33.6 Å². The fourth-order valence-corrected chi connectivity index (χ4v) is 1.98. The third-order valence-electron chi connectivity index (χ3n) is 2.50. The molecule has 2 heteroatoms. The van der Waals surface area contributed by atoms with Gasteiger partial charge in [0.1, 0.15) is 0 Å². The van der Waals surface area contributed by atoms with Gasteiger partial charge in [-0.15, -0.1) is 0 Å². The standard InChI is InChI=1S/C13H20ClN/c1-4-8-15(9-5-2)13-10-12(14)7-6-11(13)3/h6-7,10H,4-5,8-9H2,1-3H3. The van der Waals surface area contributed by atoms with Crippen molar-refractivity contribution in [1.82, 2.24) is 0 Å². The van der Waals surface area contributed by atoms with E-state index in [4.69, 9.17) is 11.6 Å². The second-order valence-electron chi connectivity index (χ2n) is 3.92. The molecule has 1 rings (SSSR count). The molecule has 0 saturated heterocycles. The van der Waals surface area contributed by atoms with E-state index in [9.17, 15) is 0 Å². The first-order valence-corrected chi connectivity index (χ1v) is 6.08. The summed E-state index contributed by atoms with van der Waals surface area (Å²) in [5.74, 6) is 0. The molecule has 0 bridgehead atoms. The Morgan fingerprint density at radius 1 is 1.13 bits per heavy atom. The van der Waals surface area contributed by atoms with Crippen molar-refractivity contribution in [2.24, 2.45) is 0 Å². The normalized spacial score (nSPS) is 10.4. The minimum atomic E-state index is 0.827. The lowest BCUT2D eigenvalue weighted by Crippen LogP contribution is -2.25. The minimum Gasteiger partial charge on any atom is -0.371 e. The molecule has 0 unspecified atom stereocenters. The van der Waals surface area contributed by atoms with Crippen LogP contribution >= 0.6 is 11.6 Å². The van der Waals surface area contributed by atoms with Crippen molar-refractivity contribution >= 4 is 17.3 Å². The van der Waals surface area contributed by atoms with Gasteiger partial charge in [-0.1, -0.05) is 31.5 Å². The Kier molecular flexibility index (Phi) is 4.97. The van der Waals surface area contributed by atoms with Gasteiger partial charge in [0.15, 0.2) is 0 Å². The summed E-state index contributed by atoms with van der Waals surface area (Å²) in [7, 11) is 0. The maximum Gasteiger partial charge on any atom is 0.0426 e. The van der Waals surface area contributed by atoms with Crippen LogP contribution in [0.15, 0.2) is 18.2 Å². The molecular formula is C13H20ClN. The SMILES string of the molecule is CCCN(CCC)c1cc(Cl)ccc1C. The van der Waals surface area contributed by atoms with E-state index < -0.39 is 0 Å². The van der Waals surface area contributed by atoms with E-state index in [1.54, 1.807) is 0 Å². The summed E-state index contributed by atoms with van der Waals surface area (Å²) in [5, 5.41) is 0.827. The van der Waals surface area contributed by atoms with Crippen LogP contribution in [0.3, 0.4) is 0 Å². The second-order valence-corrected chi connectivity index (χ2v) is 4.35. The summed E-state index contributed by atoms with van der Waals surface area (Å²) in [5.41, 5.74) is 2.59. The highest BCUT2D eigenvalue weighted by Gasteiger charge is 2.07. The summed E-state index contributed by atoms with van der Waals surface area (Å²) >= 11 is 6.03. The summed E-state index contributed by atoms with van der Waals surface area (Å²) in [6.45, 7) is 8.78. The van der Waals surface area contributed by atoms with Crippen LogP contribution in [0.5, 0.6) is 0 Å². The van der Waals surface area contributed by atoms with Crippen LogP contribution in [0, 0.1) is 6.92 Å². The second kappa shape index (κ2) is 6.02. The van der Waals surface area contributed by atoms with E-state index in [1.807, 2.05) is 6.07 Å². The fraction of sp³-hybridized carbons (Fsp3) is 0.538. The van der Waals surface area contributed by atoms with Crippen LogP contribution in [0.2, 0.25) is 5.02 Å². The van der Waals surface area contributed by atoms with Crippen LogP contribution in [0.1, 0.15) is 32.3 Å². The van der Waals surface area contributed by atoms with Gasteiger partial charge in [0, 0.05) is 23.8 Å². The number of anilines is 1. The predicted octanol–water partition coefficient (Wildman–Crippen LogP) is 4.27. The van der Waals surface area contributed by atoms with E-state index in [1.165, 1.54) is 24.1 Å². The molecule has 0 spiro atoms. The van der Waals surface area contributed by atoms with Gasteiger partial charge in [-0.25, -0.2) is 0 Å². The Morgan fingerprint density at radius 2 is 1.73 bits per heavy atom. The topological polar surface area (TPSA) is 3.24 Å². The number of rotatable bonds is 5. The number of hydrogen-bond donors (Lipinski definition) is 0. The summed E-state index contributed by atoms with van der Waals surface area (Å²) in [6.07, 6.45) is 2.35. The first-order valence-electron chi connectivity index (χ1n) is 5.70. The number of nitrogens with zero attached hydrogens (tertiary/aromatic N) is 1. The zero-order chi connectivity index (χ0) is 11.3. The Balaban J connectivity index is 2.93. The first kappa shape index (κ1) is 12.4. The van der Waals surface area contributed by atoms with Gasteiger partial charge in [0.25, 0.3) is 0 Å².